The van der Waals surface area contributed by atoms with Crippen LogP contribution < -0.4 is 16.4 Å². The average molecular weight is 375 g/mol. The minimum atomic E-state index is -0.572. The number of fused-ring (bicyclic) bond motifs is 1. The molecule has 4 N–H and O–H groups in total. The number of nitrogens with two attached hydrogens (primary N) is 1. The Bertz CT molecular complexity index is 1040. The highest BCUT2D eigenvalue weighted by atomic mass is 16.1. The number of nitriles is 1. The quantitative estimate of drug-likeness (QED) is 0.579. The summed E-state index contributed by atoms with van der Waals surface area (Å²) >= 11 is 0. The minimum absolute atomic E-state index is 0.137. The molecule has 0 aliphatic carbocycles. The van der Waals surface area contributed by atoms with Crippen molar-refractivity contribution in [1.82, 2.24) is 15.0 Å². The molecule has 2 heterocycles. The molecule has 1 amide bonds. The summed E-state index contributed by atoms with van der Waals surface area (Å²) in [6.07, 6.45) is 3.64. The van der Waals surface area contributed by atoms with E-state index >= 15 is 0 Å². The van der Waals surface area contributed by atoms with Crippen molar-refractivity contribution in [2.75, 3.05) is 10.6 Å². The molecule has 2 aromatic heterocycles. The topological polar surface area (TPSA) is 130 Å². The molecule has 0 saturated carbocycles. The largest absolute Gasteiger partial charge is 0.368 e. The number of anilines is 3. The van der Waals surface area contributed by atoms with Crippen molar-refractivity contribution in [2.45, 2.75) is 26.3 Å². The highest BCUT2D eigenvalue weighted by Gasteiger charge is 2.18. The lowest BCUT2D eigenvalue weighted by atomic mass is 10.0. The monoisotopic (exact) mass is 375 g/mol. The average Bonchev–Trinajstić information content (AvgIpc) is 2.67. The van der Waals surface area contributed by atoms with E-state index in [2.05, 4.69) is 25.6 Å². The van der Waals surface area contributed by atoms with Gasteiger partial charge in [0.25, 0.3) is 0 Å². The number of benzene rings is 1. The molecule has 0 spiro atoms. The molecule has 0 aliphatic rings. The van der Waals surface area contributed by atoms with Crippen molar-refractivity contribution < 1.29 is 4.79 Å². The molecule has 3 rings (SSSR count). The molecule has 0 saturated heterocycles. The lowest BCUT2D eigenvalue weighted by Crippen LogP contribution is -2.36. The summed E-state index contributed by atoms with van der Waals surface area (Å²) in [7, 11) is 0. The first-order chi connectivity index (χ1) is 13.5. The van der Waals surface area contributed by atoms with Gasteiger partial charge in [0.2, 0.25) is 5.91 Å². The molecule has 0 aliphatic heterocycles. The lowest BCUT2D eigenvalue weighted by Gasteiger charge is -2.18. The van der Waals surface area contributed by atoms with Gasteiger partial charge >= 0.3 is 0 Å². The van der Waals surface area contributed by atoms with Gasteiger partial charge in [-0.25, -0.2) is 9.97 Å². The fourth-order valence-corrected chi connectivity index (χ4v) is 2.80. The first kappa shape index (κ1) is 19.0. The van der Waals surface area contributed by atoms with Gasteiger partial charge in [-0.15, -0.1) is 0 Å². The van der Waals surface area contributed by atoms with Crippen LogP contribution in [0.3, 0.4) is 0 Å². The number of nitrogens with zero attached hydrogens (tertiary/aromatic N) is 4. The van der Waals surface area contributed by atoms with Gasteiger partial charge in [-0.3, -0.25) is 9.78 Å². The number of amides is 1. The van der Waals surface area contributed by atoms with E-state index in [1.54, 1.807) is 6.20 Å². The molecule has 0 unspecified atom stereocenters. The maximum Gasteiger partial charge on any atom is 0.239 e. The molecule has 0 radical (unpaired) electrons. The van der Waals surface area contributed by atoms with Crippen molar-refractivity contribution >= 4 is 34.1 Å². The van der Waals surface area contributed by atoms with Gasteiger partial charge in [0.1, 0.15) is 17.9 Å². The molecule has 3 aromatic rings. The molecular weight excluding hydrogens is 354 g/mol. The van der Waals surface area contributed by atoms with Crippen LogP contribution in [0.5, 0.6) is 0 Å². The molecule has 1 atom stereocenters. The van der Waals surface area contributed by atoms with Crippen LogP contribution in [0.1, 0.15) is 26.0 Å². The molecule has 0 fully saturated rings. The van der Waals surface area contributed by atoms with Gasteiger partial charge in [-0.2, -0.15) is 5.26 Å². The van der Waals surface area contributed by atoms with Crippen LogP contribution in [0.4, 0.5) is 17.3 Å². The van der Waals surface area contributed by atoms with Crippen LogP contribution in [0.25, 0.3) is 10.9 Å². The summed E-state index contributed by atoms with van der Waals surface area (Å²) in [5, 5.41) is 16.4. The van der Waals surface area contributed by atoms with Gasteiger partial charge < -0.3 is 16.4 Å². The van der Waals surface area contributed by atoms with Gasteiger partial charge in [0.15, 0.2) is 11.5 Å². The van der Waals surface area contributed by atoms with Gasteiger partial charge in [0, 0.05) is 5.39 Å². The van der Waals surface area contributed by atoms with Crippen molar-refractivity contribution in [3.8, 4) is 6.07 Å². The van der Waals surface area contributed by atoms with Crippen molar-refractivity contribution in [3.63, 3.8) is 0 Å². The summed E-state index contributed by atoms with van der Waals surface area (Å²) in [4.78, 5) is 24.6. The van der Waals surface area contributed by atoms with Crippen LogP contribution in [-0.4, -0.2) is 26.9 Å². The molecule has 0 bridgehead atoms. The Morgan fingerprint density at radius 3 is 2.75 bits per heavy atom. The second-order valence-electron chi connectivity index (χ2n) is 6.83. The van der Waals surface area contributed by atoms with Crippen LogP contribution >= 0.6 is 0 Å². The SMILES string of the molecule is CC(C)C[C@@H](Nc1cnc(C#N)c(Nc2cnc3ccccc3c2)n1)C(N)=O. The summed E-state index contributed by atoms with van der Waals surface area (Å²) in [5.74, 6) is 0.447. The third kappa shape index (κ3) is 4.51. The van der Waals surface area contributed by atoms with E-state index in [0.717, 1.165) is 10.9 Å². The second-order valence-corrected chi connectivity index (χ2v) is 6.83. The van der Waals surface area contributed by atoms with Gasteiger partial charge in [0.05, 0.1) is 23.6 Å². The Kier molecular flexibility index (Phi) is 5.65. The predicted molar refractivity (Wildman–Crippen MR) is 108 cm³/mol. The number of aromatic nitrogens is 3. The summed E-state index contributed by atoms with van der Waals surface area (Å²) in [6.45, 7) is 4.00. The number of carbonyl (C=O) groups excluding carboxylic acids is 1. The maximum atomic E-state index is 11.7. The Morgan fingerprint density at radius 1 is 1.25 bits per heavy atom. The molecule has 8 nitrogen and oxygen atoms in total. The number of carbonyl (C=O) groups is 1. The zero-order valence-electron chi connectivity index (χ0n) is 15.7. The fraction of sp³-hybridized carbons (Fsp3) is 0.250. The zero-order chi connectivity index (χ0) is 20.1. The van der Waals surface area contributed by atoms with Crippen molar-refractivity contribution in [2.24, 2.45) is 11.7 Å². The zero-order valence-corrected chi connectivity index (χ0v) is 15.7. The standard InChI is InChI=1S/C20H21N7O/c1-12(2)7-16(19(22)28)26-18-11-24-17(9-21)20(27-18)25-14-8-13-5-3-4-6-15(13)23-10-14/h3-6,8,10-12,16H,7H2,1-2H3,(H2,22,28)(H2,25,26,27)/t16-/m1/s1. The van der Waals surface area contributed by atoms with Gasteiger partial charge in [-0.1, -0.05) is 32.0 Å². The van der Waals surface area contributed by atoms with Crippen molar-refractivity contribution in [3.05, 3.63) is 48.4 Å². The normalized spacial score (nSPS) is 11.8. The van der Waals surface area contributed by atoms with E-state index in [4.69, 9.17) is 5.73 Å². The summed E-state index contributed by atoms with van der Waals surface area (Å²) in [6, 6.07) is 11.1. The number of pyridine rings is 1. The molecule has 8 heteroatoms. The number of hydrogen-bond acceptors (Lipinski definition) is 7. The van der Waals surface area contributed by atoms with Crippen LogP contribution in [0, 0.1) is 17.2 Å². The summed E-state index contributed by atoms with van der Waals surface area (Å²) < 4.78 is 0. The van der Waals surface area contributed by atoms with E-state index in [0.29, 0.717) is 17.9 Å². The minimum Gasteiger partial charge on any atom is -0.368 e. The van der Waals surface area contributed by atoms with E-state index in [9.17, 15) is 10.1 Å². The smallest absolute Gasteiger partial charge is 0.239 e. The van der Waals surface area contributed by atoms with Crippen LogP contribution in [0.2, 0.25) is 0 Å². The van der Waals surface area contributed by atoms with Gasteiger partial charge in [-0.05, 0) is 24.5 Å². The highest BCUT2D eigenvalue weighted by Crippen LogP contribution is 2.22. The Hall–Kier alpha value is -3.73. The molecule has 28 heavy (non-hydrogen) atoms. The number of nitrogens with one attached hydrogen (secondary N) is 2. The Balaban J connectivity index is 1.88. The third-order valence-corrected chi connectivity index (χ3v) is 4.10. The fourth-order valence-electron chi connectivity index (χ4n) is 2.80. The second kappa shape index (κ2) is 8.31. The Labute approximate surface area is 162 Å². The Morgan fingerprint density at radius 2 is 2.04 bits per heavy atom. The first-order valence-corrected chi connectivity index (χ1v) is 8.91. The number of para-hydroxylation sites is 1. The van der Waals surface area contributed by atoms with E-state index in [1.165, 1.54) is 6.20 Å². The molecular formula is C20H21N7O. The maximum absolute atomic E-state index is 11.7. The third-order valence-electron chi connectivity index (χ3n) is 4.10. The van der Waals surface area contributed by atoms with Crippen LogP contribution in [-0.2, 0) is 4.79 Å². The number of rotatable bonds is 7. The number of hydrogen-bond donors (Lipinski definition) is 3. The highest BCUT2D eigenvalue weighted by molar-refractivity contribution is 5.83. The van der Waals surface area contributed by atoms with E-state index < -0.39 is 11.9 Å². The van der Waals surface area contributed by atoms with Crippen molar-refractivity contribution in [1.29, 1.82) is 5.26 Å². The molecule has 142 valence electrons. The first-order valence-electron chi connectivity index (χ1n) is 8.91. The predicted octanol–water partition coefficient (Wildman–Crippen LogP) is 2.95. The lowest BCUT2D eigenvalue weighted by molar-refractivity contribution is -0.119. The molecule has 1 aromatic carbocycles. The van der Waals surface area contributed by atoms with E-state index in [-0.39, 0.29) is 17.4 Å². The summed E-state index contributed by atoms with van der Waals surface area (Å²) in [5.41, 5.74) is 7.16. The van der Waals surface area contributed by atoms with E-state index in [1.807, 2.05) is 50.2 Å². The van der Waals surface area contributed by atoms with Crippen LogP contribution in [0.15, 0.2) is 42.7 Å². The number of primary amides is 1.